The normalized spacial score (nSPS) is 11.6. The van der Waals surface area contributed by atoms with Crippen LogP contribution in [0, 0.1) is 0 Å². The summed E-state index contributed by atoms with van der Waals surface area (Å²) in [5.74, 6) is 1.96. The van der Waals surface area contributed by atoms with Gasteiger partial charge in [0.25, 0.3) is 0 Å². The van der Waals surface area contributed by atoms with Crippen LogP contribution in [0.15, 0.2) is 170 Å². The Morgan fingerprint density at radius 2 is 0.800 bits per heavy atom. The molecule has 0 saturated heterocycles. The predicted molar refractivity (Wildman–Crippen MR) is 209 cm³/mol. The van der Waals surface area contributed by atoms with Gasteiger partial charge in [-0.1, -0.05) is 127 Å². The fourth-order valence-electron chi connectivity index (χ4n) is 7.14. The molecule has 234 valence electrons. The molecule has 0 unspecified atom stereocenters. The van der Waals surface area contributed by atoms with Crippen molar-refractivity contribution >= 4 is 53.3 Å². The summed E-state index contributed by atoms with van der Waals surface area (Å²) in [7, 11) is 0. The minimum absolute atomic E-state index is 0.644. The van der Waals surface area contributed by atoms with Gasteiger partial charge in [-0.05, 0) is 53.6 Å². The Labute approximate surface area is 292 Å². The quantitative estimate of drug-likeness (QED) is 0.185. The third kappa shape index (κ3) is 4.63. The molecule has 3 aromatic heterocycles. The topological polar surface area (TPSA) is 43.6 Å². The third-order valence-corrected chi connectivity index (χ3v) is 10.8. The maximum absolute atomic E-state index is 5.17. The zero-order valence-electron chi connectivity index (χ0n) is 26.9. The lowest BCUT2D eigenvalue weighted by molar-refractivity contribution is 1.08. The lowest BCUT2D eigenvalue weighted by atomic mass is 10.0. The van der Waals surface area contributed by atoms with Crippen molar-refractivity contribution < 1.29 is 0 Å². The molecule has 0 fully saturated rings. The van der Waals surface area contributed by atoms with Gasteiger partial charge >= 0.3 is 0 Å². The van der Waals surface area contributed by atoms with E-state index in [1.165, 1.54) is 53.1 Å². The lowest BCUT2D eigenvalue weighted by Crippen LogP contribution is -2.00. The molecule has 0 radical (unpaired) electrons. The van der Waals surface area contributed by atoms with Gasteiger partial charge in [-0.15, -0.1) is 11.3 Å². The Morgan fingerprint density at radius 3 is 1.42 bits per heavy atom. The van der Waals surface area contributed by atoms with Gasteiger partial charge in [0, 0.05) is 53.3 Å². The van der Waals surface area contributed by atoms with Crippen molar-refractivity contribution in [1.82, 2.24) is 19.5 Å². The maximum Gasteiger partial charge on any atom is 0.165 e. The highest BCUT2D eigenvalue weighted by molar-refractivity contribution is 7.26. The molecule has 0 N–H and O–H groups in total. The van der Waals surface area contributed by atoms with Crippen molar-refractivity contribution in [2.45, 2.75) is 0 Å². The molecule has 7 aromatic carbocycles. The molecule has 5 heteroatoms. The Hall–Kier alpha value is -6.43. The second-order valence-electron chi connectivity index (χ2n) is 12.4. The molecule has 10 rings (SSSR count). The van der Waals surface area contributed by atoms with E-state index < -0.39 is 0 Å². The smallest absolute Gasteiger partial charge is 0.165 e. The number of benzene rings is 7. The second kappa shape index (κ2) is 11.6. The van der Waals surface area contributed by atoms with Crippen LogP contribution < -0.4 is 0 Å². The van der Waals surface area contributed by atoms with E-state index >= 15 is 0 Å². The molecular weight excluding hydrogens is 629 g/mol. The molecular formula is C45H28N4S. The van der Waals surface area contributed by atoms with Crippen LogP contribution in [0.1, 0.15) is 0 Å². The highest BCUT2D eigenvalue weighted by Gasteiger charge is 2.18. The van der Waals surface area contributed by atoms with Crippen LogP contribution in [0.3, 0.4) is 0 Å². The van der Waals surface area contributed by atoms with E-state index in [1.54, 1.807) is 11.3 Å². The van der Waals surface area contributed by atoms with E-state index in [-0.39, 0.29) is 0 Å². The minimum Gasteiger partial charge on any atom is -0.309 e. The van der Waals surface area contributed by atoms with Gasteiger partial charge in [-0.2, -0.15) is 0 Å². The van der Waals surface area contributed by atoms with Crippen LogP contribution in [0.25, 0.3) is 93.0 Å². The molecule has 3 heterocycles. The van der Waals surface area contributed by atoms with E-state index in [0.29, 0.717) is 17.5 Å². The summed E-state index contributed by atoms with van der Waals surface area (Å²) < 4.78 is 4.76. The molecule has 0 atom stereocenters. The summed E-state index contributed by atoms with van der Waals surface area (Å²) >= 11 is 1.81. The zero-order chi connectivity index (χ0) is 33.0. The molecule has 0 amide bonds. The van der Waals surface area contributed by atoms with Gasteiger partial charge in [0.1, 0.15) is 0 Å². The van der Waals surface area contributed by atoms with Gasteiger partial charge in [-0.25, -0.2) is 15.0 Å². The van der Waals surface area contributed by atoms with Crippen LogP contribution in [-0.2, 0) is 0 Å². The number of fused-ring (bicyclic) bond motifs is 6. The van der Waals surface area contributed by atoms with Crippen molar-refractivity contribution in [3.05, 3.63) is 170 Å². The van der Waals surface area contributed by atoms with E-state index in [4.69, 9.17) is 15.0 Å². The maximum atomic E-state index is 5.17. The van der Waals surface area contributed by atoms with Gasteiger partial charge in [0.2, 0.25) is 0 Å². The predicted octanol–water partition coefficient (Wildman–Crippen LogP) is 12.0. The van der Waals surface area contributed by atoms with Crippen LogP contribution in [-0.4, -0.2) is 19.5 Å². The Kier molecular flexibility index (Phi) is 6.64. The minimum atomic E-state index is 0.644. The van der Waals surface area contributed by atoms with Crippen molar-refractivity contribution in [2.24, 2.45) is 0 Å². The van der Waals surface area contributed by atoms with Crippen LogP contribution in [0.4, 0.5) is 0 Å². The number of thiophene rings is 1. The van der Waals surface area contributed by atoms with E-state index in [0.717, 1.165) is 22.4 Å². The zero-order valence-corrected chi connectivity index (χ0v) is 27.7. The van der Waals surface area contributed by atoms with Gasteiger partial charge < -0.3 is 4.57 Å². The van der Waals surface area contributed by atoms with Crippen molar-refractivity contribution in [3.8, 4) is 51.0 Å². The monoisotopic (exact) mass is 656 g/mol. The molecule has 10 aromatic rings. The van der Waals surface area contributed by atoms with Crippen molar-refractivity contribution in [2.75, 3.05) is 0 Å². The molecule has 0 aliphatic carbocycles. The summed E-state index contributed by atoms with van der Waals surface area (Å²) in [4.78, 5) is 15.3. The van der Waals surface area contributed by atoms with Crippen molar-refractivity contribution in [1.29, 1.82) is 0 Å². The van der Waals surface area contributed by atoms with Crippen LogP contribution >= 0.6 is 11.3 Å². The highest BCUT2D eigenvalue weighted by Crippen LogP contribution is 2.43. The summed E-state index contributed by atoms with van der Waals surface area (Å²) in [5, 5.41) is 4.94. The van der Waals surface area contributed by atoms with E-state index in [1.807, 2.05) is 18.2 Å². The number of aromatic nitrogens is 4. The van der Waals surface area contributed by atoms with E-state index in [9.17, 15) is 0 Å². The Bertz CT molecular complexity index is 2800. The fraction of sp³-hybridized carbons (Fsp3) is 0. The first-order chi connectivity index (χ1) is 24.8. The average molecular weight is 657 g/mol. The number of hydrogen-bond donors (Lipinski definition) is 0. The Morgan fingerprint density at radius 1 is 0.340 bits per heavy atom. The number of para-hydroxylation sites is 2. The first-order valence-electron chi connectivity index (χ1n) is 16.7. The summed E-state index contributed by atoms with van der Waals surface area (Å²) in [6.45, 7) is 0. The average Bonchev–Trinajstić information content (AvgIpc) is 3.75. The molecule has 0 saturated carbocycles. The molecule has 0 spiro atoms. The molecule has 0 aliphatic heterocycles. The molecule has 50 heavy (non-hydrogen) atoms. The van der Waals surface area contributed by atoms with Crippen molar-refractivity contribution in [3.63, 3.8) is 0 Å². The third-order valence-electron chi connectivity index (χ3n) is 9.48. The highest BCUT2D eigenvalue weighted by atomic mass is 32.1. The van der Waals surface area contributed by atoms with Crippen LogP contribution in [0.5, 0.6) is 0 Å². The van der Waals surface area contributed by atoms with Gasteiger partial charge in [0.05, 0.1) is 11.0 Å². The number of hydrogen-bond acceptors (Lipinski definition) is 4. The first-order valence-corrected chi connectivity index (χ1v) is 17.5. The SMILES string of the molecule is c1ccc(-c2nc(-c3ccc(-n4c5ccccc5c5ccccc54)cc3)nc(-c3cccc4c3sc3c(-c5ccccc5)cccc34)n2)cc1. The molecule has 4 nitrogen and oxygen atoms in total. The largest absolute Gasteiger partial charge is 0.309 e. The fourth-order valence-corrected chi connectivity index (χ4v) is 8.49. The Balaban J connectivity index is 1.14. The van der Waals surface area contributed by atoms with E-state index in [2.05, 4.69) is 156 Å². The van der Waals surface area contributed by atoms with Gasteiger partial charge in [-0.3, -0.25) is 0 Å². The molecule has 0 bridgehead atoms. The number of rotatable bonds is 5. The summed E-state index contributed by atoms with van der Waals surface area (Å²) in [6, 6.07) is 59.6. The standard InChI is InChI=1S/C45H28N4S/c1-3-13-29(14-4-1)33-19-11-20-36-37-21-12-22-38(42(37)50-41(33)36)45-47-43(30-15-5-2-6-16-30)46-44(48-45)31-25-27-32(28-26-31)49-39-23-9-7-17-34(39)35-18-8-10-24-40(35)49/h1-28H. The van der Waals surface area contributed by atoms with Crippen LogP contribution in [0.2, 0.25) is 0 Å². The van der Waals surface area contributed by atoms with Gasteiger partial charge in [0.15, 0.2) is 17.5 Å². The second-order valence-corrected chi connectivity index (χ2v) is 13.4. The first kappa shape index (κ1) is 28.6. The lowest BCUT2D eigenvalue weighted by Gasteiger charge is -2.11. The number of nitrogens with zero attached hydrogens (tertiary/aromatic N) is 4. The summed E-state index contributed by atoms with van der Waals surface area (Å²) in [6.07, 6.45) is 0. The molecule has 0 aliphatic rings. The summed E-state index contributed by atoms with van der Waals surface area (Å²) in [5.41, 5.74) is 8.80.